The molecule has 0 heterocycles. The van der Waals surface area contributed by atoms with E-state index in [0.29, 0.717) is 5.92 Å². The van der Waals surface area contributed by atoms with E-state index in [1.165, 1.54) is 0 Å². The number of hydrogen-bond donors (Lipinski definition) is 1. The van der Waals surface area contributed by atoms with Crippen LogP contribution in [0.5, 0.6) is 0 Å². The highest BCUT2D eigenvalue weighted by Crippen LogP contribution is 2.28. The van der Waals surface area contributed by atoms with Crippen LogP contribution in [-0.4, -0.2) is 18.1 Å². The zero-order valence-corrected chi connectivity index (χ0v) is 8.73. The summed E-state index contributed by atoms with van der Waals surface area (Å²) in [5.41, 5.74) is 0. The zero-order valence-electron chi connectivity index (χ0n) is 8.73. The van der Waals surface area contributed by atoms with Gasteiger partial charge in [-0.05, 0) is 25.2 Å². The lowest BCUT2D eigenvalue weighted by atomic mass is 10.1. The minimum atomic E-state index is -4.40. The number of carbonyl (C=O) groups excluding carboxylic acids is 1. The average Bonchev–Trinajstić information content (AvgIpc) is 2.48. The van der Waals surface area contributed by atoms with Crippen LogP contribution in [0.15, 0.2) is 0 Å². The number of amides is 1. The monoisotopic (exact) mass is 223 g/mol. The van der Waals surface area contributed by atoms with E-state index in [2.05, 4.69) is 12.2 Å². The number of halogens is 3. The highest BCUT2D eigenvalue weighted by Gasteiger charge is 2.33. The molecule has 15 heavy (non-hydrogen) atoms. The summed E-state index contributed by atoms with van der Waals surface area (Å²) in [5.74, 6) is -0.342. The van der Waals surface area contributed by atoms with Crippen LogP contribution in [0.3, 0.4) is 0 Å². The van der Waals surface area contributed by atoms with Crippen LogP contribution in [0.1, 0.15) is 39.0 Å². The minimum Gasteiger partial charge on any atom is -0.353 e. The maximum Gasteiger partial charge on any atom is 0.397 e. The van der Waals surface area contributed by atoms with Crippen LogP contribution in [0.25, 0.3) is 0 Å². The third-order valence-corrected chi connectivity index (χ3v) is 2.84. The van der Waals surface area contributed by atoms with Crippen LogP contribution >= 0.6 is 0 Å². The topological polar surface area (TPSA) is 29.1 Å². The fourth-order valence-corrected chi connectivity index (χ4v) is 2.04. The molecule has 88 valence electrons. The predicted molar refractivity (Wildman–Crippen MR) is 50.2 cm³/mol. The second kappa shape index (κ2) is 4.86. The third kappa shape index (κ3) is 4.53. The molecule has 1 fully saturated rings. The Labute approximate surface area is 87.2 Å². The fraction of sp³-hybridized carbons (Fsp3) is 0.900. The molecule has 1 aliphatic carbocycles. The normalized spacial score (nSPS) is 26.7. The Morgan fingerprint density at radius 1 is 1.40 bits per heavy atom. The summed E-state index contributed by atoms with van der Waals surface area (Å²) in [5, 5.41) is 2.44. The summed E-state index contributed by atoms with van der Waals surface area (Å²) in [4.78, 5) is 11.0. The van der Waals surface area contributed by atoms with E-state index in [-0.39, 0.29) is 6.04 Å². The van der Waals surface area contributed by atoms with Gasteiger partial charge in [-0.25, -0.2) is 0 Å². The molecule has 5 heteroatoms. The van der Waals surface area contributed by atoms with Crippen LogP contribution in [-0.2, 0) is 4.79 Å². The molecule has 1 saturated carbocycles. The summed E-state index contributed by atoms with van der Waals surface area (Å²) in [6, 6.07) is -0.0511. The van der Waals surface area contributed by atoms with Gasteiger partial charge in [-0.1, -0.05) is 13.3 Å². The van der Waals surface area contributed by atoms with Gasteiger partial charge in [0.1, 0.15) is 6.42 Å². The van der Waals surface area contributed by atoms with E-state index >= 15 is 0 Å². The SMILES string of the molecule is CCC1CCC(NC(=O)CC(F)(F)F)C1. The largest absolute Gasteiger partial charge is 0.397 e. The molecule has 0 aromatic rings. The molecular formula is C10H16F3NO. The van der Waals surface area contributed by atoms with Crippen LogP contribution in [0.4, 0.5) is 13.2 Å². The van der Waals surface area contributed by atoms with Crippen molar-refractivity contribution in [3.05, 3.63) is 0 Å². The van der Waals surface area contributed by atoms with Crippen LogP contribution < -0.4 is 5.32 Å². The summed E-state index contributed by atoms with van der Waals surface area (Å²) < 4.78 is 35.6. The van der Waals surface area contributed by atoms with Gasteiger partial charge in [-0.3, -0.25) is 4.79 Å². The molecule has 1 amide bonds. The summed E-state index contributed by atoms with van der Waals surface area (Å²) in [7, 11) is 0. The molecule has 0 saturated heterocycles. The van der Waals surface area contributed by atoms with Crippen molar-refractivity contribution in [2.45, 2.75) is 51.2 Å². The highest BCUT2D eigenvalue weighted by molar-refractivity contribution is 5.76. The number of hydrogen-bond acceptors (Lipinski definition) is 1. The molecule has 0 aromatic heterocycles. The Morgan fingerprint density at radius 2 is 2.07 bits per heavy atom. The van der Waals surface area contributed by atoms with E-state index in [4.69, 9.17) is 0 Å². The molecule has 2 unspecified atom stereocenters. The summed E-state index contributed by atoms with van der Waals surface area (Å²) >= 11 is 0. The Balaban J connectivity index is 2.28. The molecule has 0 spiro atoms. The van der Waals surface area contributed by atoms with Crippen molar-refractivity contribution in [1.29, 1.82) is 0 Å². The Bertz CT molecular complexity index is 227. The van der Waals surface area contributed by atoms with Crippen molar-refractivity contribution in [3.8, 4) is 0 Å². The zero-order chi connectivity index (χ0) is 11.5. The standard InChI is InChI=1S/C10H16F3NO/c1-2-7-3-4-8(5-7)14-9(15)6-10(11,12)13/h7-8H,2-6H2,1H3,(H,14,15). The predicted octanol–water partition coefficient (Wildman–Crippen LogP) is 2.63. The first-order valence-corrected chi connectivity index (χ1v) is 5.27. The Morgan fingerprint density at radius 3 is 2.53 bits per heavy atom. The molecule has 2 nitrogen and oxygen atoms in total. The summed E-state index contributed by atoms with van der Waals surface area (Å²) in [6.45, 7) is 2.06. The molecule has 2 atom stereocenters. The van der Waals surface area contributed by atoms with Gasteiger partial charge in [0.2, 0.25) is 5.91 Å². The van der Waals surface area contributed by atoms with Crippen molar-refractivity contribution in [3.63, 3.8) is 0 Å². The molecular weight excluding hydrogens is 207 g/mol. The maximum absolute atomic E-state index is 11.9. The molecule has 1 rings (SSSR count). The first kappa shape index (κ1) is 12.3. The van der Waals surface area contributed by atoms with Crippen molar-refractivity contribution in [1.82, 2.24) is 5.32 Å². The second-order valence-electron chi connectivity index (χ2n) is 4.14. The van der Waals surface area contributed by atoms with Gasteiger partial charge in [0.15, 0.2) is 0 Å². The lowest BCUT2D eigenvalue weighted by molar-refractivity contribution is -0.154. The number of carbonyl (C=O) groups is 1. The van der Waals surface area contributed by atoms with Gasteiger partial charge < -0.3 is 5.32 Å². The number of nitrogens with one attached hydrogen (secondary N) is 1. The maximum atomic E-state index is 11.9. The summed E-state index contributed by atoms with van der Waals surface area (Å²) in [6.07, 6.45) is -2.09. The van der Waals surface area contributed by atoms with Gasteiger partial charge in [0.25, 0.3) is 0 Å². The molecule has 0 aliphatic heterocycles. The lowest BCUT2D eigenvalue weighted by Gasteiger charge is -2.13. The number of alkyl halides is 3. The van der Waals surface area contributed by atoms with Crippen molar-refractivity contribution in [2.75, 3.05) is 0 Å². The average molecular weight is 223 g/mol. The molecule has 1 N–H and O–H groups in total. The van der Waals surface area contributed by atoms with Gasteiger partial charge in [0, 0.05) is 6.04 Å². The van der Waals surface area contributed by atoms with Gasteiger partial charge in [-0.15, -0.1) is 0 Å². The first-order valence-electron chi connectivity index (χ1n) is 5.27. The Kier molecular flexibility index (Phi) is 3.99. The van der Waals surface area contributed by atoms with Gasteiger partial charge in [0.05, 0.1) is 0 Å². The first-order chi connectivity index (χ1) is 6.90. The quantitative estimate of drug-likeness (QED) is 0.783. The van der Waals surface area contributed by atoms with E-state index in [1.54, 1.807) is 0 Å². The minimum absolute atomic E-state index is 0.0511. The molecule has 0 bridgehead atoms. The van der Waals surface area contributed by atoms with Crippen molar-refractivity contribution < 1.29 is 18.0 Å². The fourth-order valence-electron chi connectivity index (χ4n) is 2.04. The lowest BCUT2D eigenvalue weighted by Crippen LogP contribution is -2.35. The van der Waals surface area contributed by atoms with Crippen molar-refractivity contribution >= 4 is 5.91 Å². The second-order valence-corrected chi connectivity index (χ2v) is 4.14. The van der Waals surface area contributed by atoms with Crippen LogP contribution in [0, 0.1) is 5.92 Å². The Hall–Kier alpha value is -0.740. The van der Waals surface area contributed by atoms with Crippen LogP contribution in [0.2, 0.25) is 0 Å². The smallest absolute Gasteiger partial charge is 0.353 e. The molecule has 0 aromatic carbocycles. The van der Waals surface area contributed by atoms with Gasteiger partial charge in [-0.2, -0.15) is 13.2 Å². The van der Waals surface area contributed by atoms with E-state index < -0.39 is 18.5 Å². The van der Waals surface area contributed by atoms with E-state index in [0.717, 1.165) is 25.7 Å². The molecule has 0 radical (unpaired) electrons. The van der Waals surface area contributed by atoms with E-state index in [1.807, 2.05) is 0 Å². The number of rotatable bonds is 3. The van der Waals surface area contributed by atoms with E-state index in [9.17, 15) is 18.0 Å². The highest BCUT2D eigenvalue weighted by atomic mass is 19.4. The molecule has 1 aliphatic rings. The van der Waals surface area contributed by atoms with Crippen molar-refractivity contribution in [2.24, 2.45) is 5.92 Å². The third-order valence-electron chi connectivity index (χ3n) is 2.84. The van der Waals surface area contributed by atoms with Gasteiger partial charge >= 0.3 is 6.18 Å².